The Kier molecular flexibility index (Phi) is 2.43. The average molecular weight is 202 g/mol. The van der Waals surface area contributed by atoms with Gasteiger partial charge in [-0.3, -0.25) is 0 Å². The summed E-state index contributed by atoms with van der Waals surface area (Å²) >= 11 is 0. The number of aryl methyl sites for hydroxylation is 1. The van der Waals surface area contributed by atoms with Crippen molar-refractivity contribution in [3.63, 3.8) is 0 Å². The van der Waals surface area contributed by atoms with E-state index in [9.17, 15) is 0 Å². The molecule has 5 N–H and O–H groups in total. The van der Waals surface area contributed by atoms with Crippen LogP contribution in [0, 0.1) is 6.92 Å². The van der Waals surface area contributed by atoms with Gasteiger partial charge in [0, 0.05) is 6.54 Å². The molecule has 0 radical (unpaired) electrons. The first kappa shape index (κ1) is 9.73. The second-order valence-electron chi connectivity index (χ2n) is 3.53. The largest absolute Gasteiger partial charge is 0.369 e. The lowest BCUT2D eigenvalue weighted by atomic mass is 10.0. The number of nitrogens with two attached hydrogens (primary N) is 2. The minimum absolute atomic E-state index is 0.430. The highest BCUT2D eigenvalue weighted by Crippen LogP contribution is 2.20. The molecule has 0 aliphatic carbocycles. The molecule has 0 aliphatic heterocycles. The van der Waals surface area contributed by atoms with E-state index >= 15 is 0 Å². The lowest BCUT2D eigenvalue weighted by Gasteiger charge is -2.05. The Hall–Kier alpha value is -1.81. The Morgan fingerprint density at radius 3 is 2.80 bits per heavy atom. The standard InChI is InChI=1S/C11H14N4/c1-7-2-3-8(4-9(7)5-12)10-6-14-11(13)15-10/h2-4,6H,5,12H2,1H3,(H3,13,14,15). The number of nitrogen functional groups attached to an aromatic ring is 1. The third kappa shape index (κ3) is 1.85. The fourth-order valence-electron chi connectivity index (χ4n) is 1.54. The van der Waals surface area contributed by atoms with Gasteiger partial charge in [-0.05, 0) is 29.7 Å². The number of anilines is 1. The molecule has 0 saturated carbocycles. The Balaban J connectivity index is 2.45. The monoisotopic (exact) mass is 202 g/mol. The van der Waals surface area contributed by atoms with Crippen LogP contribution >= 0.6 is 0 Å². The first-order valence-corrected chi connectivity index (χ1v) is 4.81. The molecule has 0 unspecified atom stereocenters. The van der Waals surface area contributed by atoms with Crippen LogP contribution in [0.3, 0.4) is 0 Å². The summed E-state index contributed by atoms with van der Waals surface area (Å²) in [6.07, 6.45) is 1.72. The van der Waals surface area contributed by atoms with Crippen LogP contribution in [0.25, 0.3) is 11.3 Å². The summed E-state index contributed by atoms with van der Waals surface area (Å²) in [5.41, 5.74) is 15.5. The van der Waals surface area contributed by atoms with Crippen LogP contribution in [0.4, 0.5) is 5.95 Å². The van der Waals surface area contributed by atoms with Crippen LogP contribution in [-0.2, 0) is 6.54 Å². The molecule has 0 saturated heterocycles. The second-order valence-corrected chi connectivity index (χ2v) is 3.53. The first-order chi connectivity index (χ1) is 7.20. The van der Waals surface area contributed by atoms with Crippen molar-refractivity contribution >= 4 is 5.95 Å². The number of nitrogens with one attached hydrogen (secondary N) is 1. The lowest BCUT2D eigenvalue weighted by molar-refractivity contribution is 1.05. The summed E-state index contributed by atoms with van der Waals surface area (Å²) in [4.78, 5) is 6.95. The molecule has 0 amide bonds. The molecule has 15 heavy (non-hydrogen) atoms. The number of hydrogen-bond acceptors (Lipinski definition) is 3. The van der Waals surface area contributed by atoms with Crippen LogP contribution in [0.15, 0.2) is 24.4 Å². The molecule has 4 nitrogen and oxygen atoms in total. The fourth-order valence-corrected chi connectivity index (χ4v) is 1.54. The van der Waals surface area contributed by atoms with Gasteiger partial charge in [-0.2, -0.15) is 0 Å². The van der Waals surface area contributed by atoms with Crippen molar-refractivity contribution in [1.82, 2.24) is 9.97 Å². The van der Waals surface area contributed by atoms with Gasteiger partial charge in [0.25, 0.3) is 0 Å². The molecule has 0 atom stereocenters. The van der Waals surface area contributed by atoms with Crippen molar-refractivity contribution in [2.75, 3.05) is 5.73 Å². The maximum absolute atomic E-state index is 5.65. The van der Waals surface area contributed by atoms with Gasteiger partial charge >= 0.3 is 0 Å². The number of aromatic amines is 1. The molecular formula is C11H14N4. The molecule has 0 aliphatic rings. The number of H-pyrrole nitrogens is 1. The average Bonchev–Trinajstić information content (AvgIpc) is 2.66. The Morgan fingerprint density at radius 2 is 2.20 bits per heavy atom. The van der Waals surface area contributed by atoms with E-state index in [2.05, 4.69) is 22.1 Å². The van der Waals surface area contributed by atoms with Gasteiger partial charge in [-0.1, -0.05) is 12.1 Å². The molecule has 0 bridgehead atoms. The zero-order valence-corrected chi connectivity index (χ0v) is 8.62. The lowest BCUT2D eigenvalue weighted by Crippen LogP contribution is -1.99. The van der Waals surface area contributed by atoms with Crippen molar-refractivity contribution in [2.45, 2.75) is 13.5 Å². The molecule has 1 heterocycles. The predicted molar refractivity (Wildman–Crippen MR) is 61.1 cm³/mol. The van der Waals surface area contributed by atoms with E-state index in [0.717, 1.165) is 16.8 Å². The molecule has 4 heteroatoms. The van der Waals surface area contributed by atoms with Crippen LogP contribution in [0.1, 0.15) is 11.1 Å². The normalized spacial score (nSPS) is 10.5. The Labute approximate surface area is 88.3 Å². The van der Waals surface area contributed by atoms with Gasteiger partial charge in [0.05, 0.1) is 11.9 Å². The molecule has 2 rings (SSSR count). The van der Waals surface area contributed by atoms with Crippen molar-refractivity contribution in [3.8, 4) is 11.3 Å². The third-order valence-electron chi connectivity index (χ3n) is 2.48. The molecule has 0 spiro atoms. The van der Waals surface area contributed by atoms with Crippen LogP contribution in [0.5, 0.6) is 0 Å². The van der Waals surface area contributed by atoms with Crippen LogP contribution in [-0.4, -0.2) is 9.97 Å². The van der Waals surface area contributed by atoms with E-state index in [1.165, 1.54) is 5.56 Å². The van der Waals surface area contributed by atoms with E-state index in [0.29, 0.717) is 12.5 Å². The summed E-state index contributed by atoms with van der Waals surface area (Å²) in [6, 6.07) is 6.14. The highest BCUT2D eigenvalue weighted by atomic mass is 15.0. The van der Waals surface area contributed by atoms with Crippen molar-refractivity contribution in [3.05, 3.63) is 35.5 Å². The maximum atomic E-state index is 5.65. The summed E-state index contributed by atoms with van der Waals surface area (Å²) in [7, 11) is 0. The molecule has 1 aromatic carbocycles. The predicted octanol–water partition coefficient (Wildman–Crippen LogP) is 1.43. The quantitative estimate of drug-likeness (QED) is 0.689. The summed E-state index contributed by atoms with van der Waals surface area (Å²) in [5, 5.41) is 0. The second kappa shape index (κ2) is 3.74. The summed E-state index contributed by atoms with van der Waals surface area (Å²) < 4.78 is 0. The van der Waals surface area contributed by atoms with Gasteiger partial charge in [-0.25, -0.2) is 4.98 Å². The Morgan fingerprint density at radius 1 is 1.40 bits per heavy atom. The smallest absolute Gasteiger partial charge is 0.197 e. The van der Waals surface area contributed by atoms with Crippen LogP contribution in [0.2, 0.25) is 0 Å². The molecule has 78 valence electrons. The summed E-state index contributed by atoms with van der Waals surface area (Å²) in [5.74, 6) is 0.430. The highest BCUT2D eigenvalue weighted by molar-refractivity contribution is 5.61. The van der Waals surface area contributed by atoms with Crippen LogP contribution < -0.4 is 11.5 Å². The minimum Gasteiger partial charge on any atom is -0.369 e. The Bertz CT molecular complexity index is 473. The first-order valence-electron chi connectivity index (χ1n) is 4.81. The molecule has 1 aromatic heterocycles. The van der Waals surface area contributed by atoms with Gasteiger partial charge < -0.3 is 16.5 Å². The van der Waals surface area contributed by atoms with E-state index in [1.54, 1.807) is 6.20 Å². The maximum Gasteiger partial charge on any atom is 0.197 e. The van der Waals surface area contributed by atoms with Gasteiger partial charge in [0.2, 0.25) is 0 Å². The van der Waals surface area contributed by atoms with Gasteiger partial charge in [0.15, 0.2) is 5.95 Å². The number of imidazole rings is 1. The zero-order valence-electron chi connectivity index (χ0n) is 8.62. The number of nitrogens with zero attached hydrogens (tertiary/aromatic N) is 1. The SMILES string of the molecule is Cc1ccc(-c2cnc(N)[nH]2)cc1CN. The van der Waals surface area contributed by atoms with E-state index < -0.39 is 0 Å². The zero-order chi connectivity index (χ0) is 10.8. The van der Waals surface area contributed by atoms with Crippen molar-refractivity contribution in [2.24, 2.45) is 5.73 Å². The summed E-state index contributed by atoms with van der Waals surface area (Å²) in [6.45, 7) is 2.59. The highest BCUT2D eigenvalue weighted by Gasteiger charge is 2.03. The topological polar surface area (TPSA) is 80.7 Å². The molecule has 2 aromatic rings. The van der Waals surface area contributed by atoms with Gasteiger partial charge in [-0.15, -0.1) is 0 Å². The van der Waals surface area contributed by atoms with E-state index in [4.69, 9.17) is 11.5 Å². The number of hydrogen-bond donors (Lipinski definition) is 3. The van der Waals surface area contributed by atoms with Crippen molar-refractivity contribution < 1.29 is 0 Å². The van der Waals surface area contributed by atoms with E-state index in [1.807, 2.05) is 13.0 Å². The molecular weight excluding hydrogens is 188 g/mol. The van der Waals surface area contributed by atoms with Crippen molar-refractivity contribution in [1.29, 1.82) is 0 Å². The molecule has 0 fully saturated rings. The fraction of sp³-hybridized carbons (Fsp3) is 0.182. The van der Waals surface area contributed by atoms with Gasteiger partial charge in [0.1, 0.15) is 0 Å². The number of aromatic nitrogens is 2. The third-order valence-corrected chi connectivity index (χ3v) is 2.48. The number of rotatable bonds is 2. The number of benzene rings is 1. The minimum atomic E-state index is 0.430. The van der Waals surface area contributed by atoms with E-state index in [-0.39, 0.29) is 0 Å².